The molecular formula is C26H25FN4O2. The number of benzene rings is 2. The van der Waals surface area contributed by atoms with Crippen molar-refractivity contribution in [3.63, 3.8) is 0 Å². The summed E-state index contributed by atoms with van der Waals surface area (Å²) in [5.74, 6) is 0.272. The third kappa shape index (κ3) is 4.19. The van der Waals surface area contributed by atoms with Gasteiger partial charge in [-0.05, 0) is 44.2 Å². The van der Waals surface area contributed by atoms with Crippen LogP contribution in [0.2, 0.25) is 0 Å². The maximum atomic E-state index is 15.2. The highest BCUT2D eigenvalue weighted by atomic mass is 19.1. The number of morpholine rings is 1. The molecular weight excluding hydrogens is 419 g/mol. The van der Waals surface area contributed by atoms with Crippen LogP contribution in [0.4, 0.5) is 21.7 Å². The van der Waals surface area contributed by atoms with Crippen LogP contribution in [0.1, 0.15) is 13.8 Å². The molecule has 7 heteroatoms. The molecule has 1 aliphatic rings. The minimum Gasteiger partial charge on any atom is -0.372 e. The molecule has 0 amide bonds. The molecule has 3 heterocycles. The van der Waals surface area contributed by atoms with Crippen molar-refractivity contribution in [2.45, 2.75) is 26.1 Å². The standard InChI is InChI=1S/C26H25FN4O2/c1-17-15-30(16-18(2)33-17)26-22(27)13-21-23(32)14-24(28-19-9-5-3-6-10-19)31(25(21)29-26)20-11-7-4-8-12-20/h3-14,17-18,28H,15-16H2,1-2H3/t17-,18+. The summed E-state index contributed by atoms with van der Waals surface area (Å²) >= 11 is 0. The Morgan fingerprint density at radius 1 is 0.970 bits per heavy atom. The smallest absolute Gasteiger partial charge is 0.193 e. The molecule has 0 bridgehead atoms. The molecule has 1 aliphatic heterocycles. The van der Waals surface area contributed by atoms with E-state index >= 15 is 4.39 Å². The van der Waals surface area contributed by atoms with Crippen LogP contribution in [0.15, 0.2) is 77.6 Å². The Morgan fingerprint density at radius 3 is 2.27 bits per heavy atom. The summed E-state index contributed by atoms with van der Waals surface area (Å²) in [7, 11) is 0. The summed E-state index contributed by atoms with van der Waals surface area (Å²) in [6.45, 7) is 4.97. The highest BCUT2D eigenvalue weighted by Gasteiger charge is 2.26. The van der Waals surface area contributed by atoms with Crippen LogP contribution >= 0.6 is 0 Å². The molecule has 6 nitrogen and oxygen atoms in total. The van der Waals surface area contributed by atoms with Crippen molar-refractivity contribution < 1.29 is 9.13 Å². The van der Waals surface area contributed by atoms with Gasteiger partial charge in [0, 0.05) is 30.5 Å². The zero-order valence-electron chi connectivity index (χ0n) is 18.5. The molecule has 1 N–H and O–H groups in total. The number of nitrogens with one attached hydrogen (secondary N) is 1. The van der Waals surface area contributed by atoms with E-state index in [1.807, 2.05) is 84.0 Å². The van der Waals surface area contributed by atoms with Crippen molar-refractivity contribution in [1.29, 1.82) is 0 Å². The SMILES string of the molecule is C[C@@H]1CN(c2nc3c(cc2F)c(=O)cc(Nc2ccccc2)n3-c2ccccc2)C[C@H](C)O1. The second-order valence-corrected chi connectivity index (χ2v) is 8.38. The minimum atomic E-state index is -0.510. The predicted octanol–water partition coefficient (Wildman–Crippen LogP) is 4.88. The Balaban J connectivity index is 1.74. The van der Waals surface area contributed by atoms with E-state index in [4.69, 9.17) is 9.72 Å². The fraction of sp³-hybridized carbons (Fsp3) is 0.231. The number of fused-ring (bicyclic) bond motifs is 1. The number of ether oxygens (including phenoxy) is 1. The second kappa shape index (κ2) is 8.67. The zero-order valence-corrected chi connectivity index (χ0v) is 18.5. The number of pyridine rings is 2. The van der Waals surface area contributed by atoms with E-state index in [2.05, 4.69) is 5.32 Å². The van der Waals surface area contributed by atoms with Crippen LogP contribution in [0, 0.1) is 5.82 Å². The van der Waals surface area contributed by atoms with Crippen molar-refractivity contribution in [2.75, 3.05) is 23.3 Å². The molecule has 2 aromatic heterocycles. The molecule has 0 unspecified atom stereocenters. The maximum Gasteiger partial charge on any atom is 0.193 e. The molecule has 5 rings (SSSR count). The van der Waals surface area contributed by atoms with E-state index in [1.165, 1.54) is 12.1 Å². The van der Waals surface area contributed by atoms with E-state index in [9.17, 15) is 4.79 Å². The molecule has 4 aromatic rings. The molecule has 1 saturated heterocycles. The average molecular weight is 445 g/mol. The van der Waals surface area contributed by atoms with Gasteiger partial charge in [0.2, 0.25) is 0 Å². The van der Waals surface area contributed by atoms with Gasteiger partial charge in [-0.3, -0.25) is 9.36 Å². The summed E-state index contributed by atoms with van der Waals surface area (Å²) in [5.41, 5.74) is 1.75. The molecule has 0 saturated carbocycles. The molecule has 33 heavy (non-hydrogen) atoms. The molecule has 168 valence electrons. The summed E-state index contributed by atoms with van der Waals surface area (Å²) in [6.07, 6.45) is -0.0962. The first-order valence-corrected chi connectivity index (χ1v) is 11.0. The van der Waals surface area contributed by atoms with Gasteiger partial charge in [-0.25, -0.2) is 9.37 Å². The van der Waals surface area contributed by atoms with E-state index < -0.39 is 5.82 Å². The van der Waals surface area contributed by atoms with Crippen molar-refractivity contribution in [3.8, 4) is 5.69 Å². The molecule has 0 aliphatic carbocycles. The van der Waals surface area contributed by atoms with E-state index in [1.54, 1.807) is 0 Å². The molecule has 2 aromatic carbocycles. The Kier molecular flexibility index (Phi) is 5.56. The van der Waals surface area contributed by atoms with Crippen LogP contribution < -0.4 is 15.6 Å². The Hall–Kier alpha value is -3.71. The van der Waals surface area contributed by atoms with Gasteiger partial charge in [0.25, 0.3) is 0 Å². The highest BCUT2D eigenvalue weighted by Crippen LogP contribution is 2.29. The van der Waals surface area contributed by atoms with Crippen LogP contribution in [-0.2, 0) is 4.74 Å². The van der Waals surface area contributed by atoms with Gasteiger partial charge in [-0.15, -0.1) is 0 Å². The Bertz CT molecular complexity index is 1330. The number of anilines is 3. The monoisotopic (exact) mass is 444 g/mol. The van der Waals surface area contributed by atoms with Crippen LogP contribution in [0.25, 0.3) is 16.7 Å². The highest BCUT2D eigenvalue weighted by molar-refractivity contribution is 5.82. The van der Waals surface area contributed by atoms with Gasteiger partial charge in [-0.1, -0.05) is 36.4 Å². The van der Waals surface area contributed by atoms with Gasteiger partial charge in [0.1, 0.15) is 5.82 Å². The number of hydrogen-bond acceptors (Lipinski definition) is 5. The van der Waals surface area contributed by atoms with Crippen molar-refractivity contribution in [3.05, 3.63) is 88.8 Å². The Morgan fingerprint density at radius 2 is 1.61 bits per heavy atom. The molecule has 1 fully saturated rings. The number of aromatic nitrogens is 2. The zero-order chi connectivity index (χ0) is 22.9. The van der Waals surface area contributed by atoms with Crippen LogP contribution in [0.3, 0.4) is 0 Å². The number of para-hydroxylation sites is 2. The van der Waals surface area contributed by atoms with Gasteiger partial charge in [0.05, 0.1) is 17.6 Å². The fourth-order valence-electron chi connectivity index (χ4n) is 4.37. The number of nitrogens with zero attached hydrogens (tertiary/aromatic N) is 3. The van der Waals surface area contributed by atoms with Crippen LogP contribution in [0.5, 0.6) is 0 Å². The summed E-state index contributed by atoms with van der Waals surface area (Å²) in [4.78, 5) is 19.6. The average Bonchev–Trinajstić information content (AvgIpc) is 2.80. The number of rotatable bonds is 4. The van der Waals surface area contributed by atoms with E-state index in [0.717, 1.165) is 11.4 Å². The van der Waals surface area contributed by atoms with Gasteiger partial charge >= 0.3 is 0 Å². The van der Waals surface area contributed by atoms with Crippen LogP contribution in [-0.4, -0.2) is 34.8 Å². The summed E-state index contributed by atoms with van der Waals surface area (Å²) < 4.78 is 22.9. The van der Waals surface area contributed by atoms with Gasteiger partial charge in [0.15, 0.2) is 22.7 Å². The first-order chi connectivity index (χ1) is 16.0. The Labute approximate surface area is 191 Å². The second-order valence-electron chi connectivity index (χ2n) is 8.38. The maximum absolute atomic E-state index is 15.2. The summed E-state index contributed by atoms with van der Waals surface area (Å²) in [5, 5.41) is 3.56. The lowest BCUT2D eigenvalue weighted by Crippen LogP contribution is -2.46. The fourth-order valence-corrected chi connectivity index (χ4v) is 4.37. The third-order valence-corrected chi connectivity index (χ3v) is 5.70. The first-order valence-electron chi connectivity index (χ1n) is 11.0. The van der Waals surface area contributed by atoms with Crippen molar-refractivity contribution in [2.24, 2.45) is 0 Å². The molecule has 0 radical (unpaired) electrons. The van der Waals surface area contributed by atoms with Gasteiger partial charge in [-0.2, -0.15) is 0 Å². The van der Waals surface area contributed by atoms with E-state index in [0.29, 0.717) is 24.6 Å². The lowest BCUT2D eigenvalue weighted by Gasteiger charge is -2.36. The summed E-state index contributed by atoms with van der Waals surface area (Å²) in [6, 6.07) is 22.0. The van der Waals surface area contributed by atoms with Gasteiger partial charge < -0.3 is 15.0 Å². The largest absolute Gasteiger partial charge is 0.372 e. The number of hydrogen-bond donors (Lipinski definition) is 1. The topological polar surface area (TPSA) is 59.4 Å². The van der Waals surface area contributed by atoms with Crippen molar-refractivity contribution in [1.82, 2.24) is 9.55 Å². The minimum absolute atomic E-state index is 0.0481. The van der Waals surface area contributed by atoms with E-state index in [-0.39, 0.29) is 28.8 Å². The molecule has 2 atom stereocenters. The predicted molar refractivity (Wildman–Crippen MR) is 129 cm³/mol. The third-order valence-electron chi connectivity index (χ3n) is 5.70. The quantitative estimate of drug-likeness (QED) is 0.486. The lowest BCUT2D eigenvalue weighted by atomic mass is 10.2. The lowest BCUT2D eigenvalue weighted by molar-refractivity contribution is -0.00563. The van der Waals surface area contributed by atoms with Crippen molar-refractivity contribution >= 4 is 28.4 Å². The molecule has 0 spiro atoms. The normalized spacial score (nSPS) is 18.5. The first kappa shape index (κ1) is 21.2. The number of halogens is 1.